The summed E-state index contributed by atoms with van der Waals surface area (Å²) in [6.45, 7) is 9.87. The molecule has 0 radical (unpaired) electrons. The fourth-order valence-corrected chi connectivity index (χ4v) is 4.94. The number of unbranched alkanes of at least 4 members (excludes halogenated alkanes) is 3. The summed E-state index contributed by atoms with van der Waals surface area (Å²) in [5, 5.41) is 10.8. The minimum Gasteiger partial charge on any atom is -0.507 e. The van der Waals surface area contributed by atoms with E-state index in [0.29, 0.717) is 12.3 Å². The van der Waals surface area contributed by atoms with Gasteiger partial charge in [-0.25, -0.2) is 4.98 Å². The van der Waals surface area contributed by atoms with Crippen molar-refractivity contribution in [1.29, 1.82) is 0 Å². The van der Waals surface area contributed by atoms with Crippen LogP contribution in [0, 0.1) is 6.92 Å². The molecule has 0 unspecified atom stereocenters. The van der Waals surface area contributed by atoms with Gasteiger partial charge in [0.15, 0.2) is 0 Å². The van der Waals surface area contributed by atoms with Crippen LogP contribution in [0.4, 0.5) is 0 Å². The Morgan fingerprint density at radius 2 is 1.43 bits per heavy atom. The van der Waals surface area contributed by atoms with E-state index in [4.69, 9.17) is 4.98 Å². The van der Waals surface area contributed by atoms with Crippen molar-refractivity contribution in [1.82, 2.24) is 14.5 Å². The number of hydrogen-bond donors (Lipinski definition) is 1. The zero-order valence-corrected chi connectivity index (χ0v) is 22.7. The summed E-state index contributed by atoms with van der Waals surface area (Å²) >= 11 is 0. The zero-order valence-electron chi connectivity index (χ0n) is 22.7. The maximum Gasteiger partial charge on any atom is 0.140 e. The second-order valence-corrected chi connectivity index (χ2v) is 9.97. The van der Waals surface area contributed by atoms with Gasteiger partial charge in [-0.1, -0.05) is 112 Å². The summed E-state index contributed by atoms with van der Waals surface area (Å²) in [6.07, 6.45) is 5.76. The van der Waals surface area contributed by atoms with Crippen LogP contribution in [0.1, 0.15) is 62.8 Å². The molecule has 4 aromatic rings. The smallest absolute Gasteiger partial charge is 0.140 e. The topological polar surface area (TPSA) is 41.3 Å². The largest absolute Gasteiger partial charge is 0.507 e. The highest BCUT2D eigenvalue weighted by molar-refractivity contribution is 5.68. The van der Waals surface area contributed by atoms with Gasteiger partial charge < -0.3 is 9.67 Å². The van der Waals surface area contributed by atoms with Gasteiger partial charge in [0, 0.05) is 36.3 Å². The molecule has 3 aromatic carbocycles. The molecule has 0 amide bonds. The van der Waals surface area contributed by atoms with Crippen LogP contribution in [0.25, 0.3) is 22.6 Å². The van der Waals surface area contributed by atoms with E-state index in [1.165, 1.54) is 18.5 Å². The quantitative estimate of drug-likeness (QED) is 0.190. The molecule has 194 valence electrons. The molecule has 0 aliphatic carbocycles. The number of phenols is 1. The molecule has 37 heavy (non-hydrogen) atoms. The Hall–Kier alpha value is -3.37. The van der Waals surface area contributed by atoms with E-state index in [1.54, 1.807) is 0 Å². The van der Waals surface area contributed by atoms with Gasteiger partial charge in [-0.3, -0.25) is 4.90 Å². The molecule has 0 fully saturated rings. The number of para-hydroxylation sites is 1. The molecule has 1 aromatic heterocycles. The van der Waals surface area contributed by atoms with E-state index in [1.807, 2.05) is 25.1 Å². The van der Waals surface area contributed by atoms with E-state index >= 15 is 0 Å². The predicted molar refractivity (Wildman–Crippen MR) is 154 cm³/mol. The minimum atomic E-state index is 0.411. The summed E-state index contributed by atoms with van der Waals surface area (Å²) in [5.74, 6) is 1.45. The lowest BCUT2D eigenvalue weighted by molar-refractivity contribution is 0.243. The number of nitrogens with zero attached hydrogens (tertiary/aromatic N) is 3. The molecule has 1 heterocycles. The molecule has 0 aliphatic rings. The molecular formula is C33H41N3O. The maximum atomic E-state index is 10.8. The second-order valence-electron chi connectivity index (χ2n) is 9.97. The van der Waals surface area contributed by atoms with Gasteiger partial charge in [-0.15, -0.1) is 0 Å². The SMILES string of the molecule is CCCCCn1c(-c2ccccc2)nc(-c2ccccc2)c1CN(CCCC)Cc1cccc(C)c1O. The van der Waals surface area contributed by atoms with E-state index in [2.05, 4.69) is 84.0 Å². The van der Waals surface area contributed by atoms with Crippen LogP contribution in [-0.2, 0) is 19.6 Å². The number of aromatic nitrogens is 2. The van der Waals surface area contributed by atoms with Crippen molar-refractivity contribution in [2.45, 2.75) is 72.5 Å². The molecule has 0 spiro atoms. The van der Waals surface area contributed by atoms with Crippen LogP contribution in [0.15, 0.2) is 78.9 Å². The minimum absolute atomic E-state index is 0.411. The highest BCUT2D eigenvalue weighted by atomic mass is 16.3. The standard InChI is InChI=1S/C33H41N3O/c1-4-6-14-23-36-30(25-35(22-7-5-2)24-29-21-15-16-26(3)32(29)37)31(27-17-10-8-11-18-27)34-33(36)28-19-12-9-13-20-28/h8-13,15-21,37H,4-7,14,22-25H2,1-3H3. The summed E-state index contributed by atoms with van der Waals surface area (Å²) < 4.78 is 2.46. The third-order valence-corrected chi connectivity index (χ3v) is 7.05. The zero-order chi connectivity index (χ0) is 26.0. The number of phenolic OH excluding ortho intramolecular Hbond substituents is 1. The van der Waals surface area contributed by atoms with Crippen molar-refractivity contribution in [2.24, 2.45) is 0 Å². The number of benzene rings is 3. The summed E-state index contributed by atoms with van der Waals surface area (Å²) in [7, 11) is 0. The Bertz CT molecular complexity index is 1250. The van der Waals surface area contributed by atoms with Crippen molar-refractivity contribution in [2.75, 3.05) is 6.54 Å². The second kappa shape index (κ2) is 13.3. The number of imidazole rings is 1. The van der Waals surface area contributed by atoms with Gasteiger partial charge in [-0.2, -0.15) is 0 Å². The number of hydrogen-bond acceptors (Lipinski definition) is 3. The first kappa shape index (κ1) is 26.7. The van der Waals surface area contributed by atoms with Gasteiger partial charge in [-0.05, 0) is 31.9 Å². The third kappa shape index (κ3) is 6.69. The maximum absolute atomic E-state index is 10.8. The van der Waals surface area contributed by atoms with Crippen LogP contribution in [0.3, 0.4) is 0 Å². The molecular weight excluding hydrogens is 454 g/mol. The first-order valence-electron chi connectivity index (χ1n) is 13.8. The first-order valence-corrected chi connectivity index (χ1v) is 13.8. The lowest BCUT2D eigenvalue weighted by Gasteiger charge is -2.25. The van der Waals surface area contributed by atoms with Crippen molar-refractivity contribution in [3.63, 3.8) is 0 Å². The Balaban J connectivity index is 1.80. The van der Waals surface area contributed by atoms with Gasteiger partial charge in [0.05, 0.1) is 11.4 Å². The van der Waals surface area contributed by atoms with Gasteiger partial charge in [0.1, 0.15) is 11.6 Å². The molecule has 4 nitrogen and oxygen atoms in total. The Labute approximate surface area is 222 Å². The van der Waals surface area contributed by atoms with E-state index < -0.39 is 0 Å². The van der Waals surface area contributed by atoms with Crippen molar-refractivity contribution >= 4 is 0 Å². The van der Waals surface area contributed by atoms with Crippen molar-refractivity contribution in [3.05, 3.63) is 95.7 Å². The average Bonchev–Trinajstić information content (AvgIpc) is 3.29. The highest BCUT2D eigenvalue weighted by Gasteiger charge is 2.22. The Morgan fingerprint density at radius 1 is 0.757 bits per heavy atom. The van der Waals surface area contributed by atoms with Gasteiger partial charge in [0.25, 0.3) is 0 Å². The van der Waals surface area contributed by atoms with Crippen LogP contribution in [0.5, 0.6) is 5.75 Å². The predicted octanol–water partition coefficient (Wildman–Crippen LogP) is 8.22. The summed E-state index contributed by atoms with van der Waals surface area (Å²) in [4.78, 5) is 7.77. The Kier molecular flexibility index (Phi) is 9.56. The van der Waals surface area contributed by atoms with Gasteiger partial charge in [0.2, 0.25) is 0 Å². The molecule has 0 saturated carbocycles. The highest BCUT2D eigenvalue weighted by Crippen LogP contribution is 2.32. The first-order chi connectivity index (χ1) is 18.1. The number of aryl methyl sites for hydroxylation is 1. The molecule has 4 rings (SSSR count). The number of rotatable bonds is 13. The van der Waals surface area contributed by atoms with Crippen molar-refractivity contribution in [3.8, 4) is 28.4 Å². The normalized spacial score (nSPS) is 11.4. The molecule has 0 aliphatic heterocycles. The monoisotopic (exact) mass is 495 g/mol. The van der Waals surface area contributed by atoms with E-state index in [0.717, 1.165) is 72.7 Å². The fraction of sp³-hybridized carbons (Fsp3) is 0.364. The van der Waals surface area contributed by atoms with E-state index in [-0.39, 0.29) is 0 Å². The lowest BCUT2D eigenvalue weighted by Crippen LogP contribution is -2.26. The number of aromatic hydroxyl groups is 1. The molecule has 1 N–H and O–H groups in total. The fourth-order valence-electron chi connectivity index (χ4n) is 4.94. The van der Waals surface area contributed by atoms with Crippen LogP contribution >= 0.6 is 0 Å². The lowest BCUT2D eigenvalue weighted by atomic mass is 10.1. The van der Waals surface area contributed by atoms with Crippen molar-refractivity contribution < 1.29 is 5.11 Å². The van der Waals surface area contributed by atoms with Crippen LogP contribution < -0.4 is 0 Å². The summed E-state index contributed by atoms with van der Waals surface area (Å²) in [5.41, 5.74) is 6.53. The average molecular weight is 496 g/mol. The Morgan fingerprint density at radius 3 is 2.11 bits per heavy atom. The molecule has 4 heteroatoms. The summed E-state index contributed by atoms with van der Waals surface area (Å²) in [6, 6.07) is 27.2. The van der Waals surface area contributed by atoms with Crippen LogP contribution in [0.2, 0.25) is 0 Å². The molecule has 0 atom stereocenters. The van der Waals surface area contributed by atoms with Gasteiger partial charge >= 0.3 is 0 Å². The molecule has 0 saturated heterocycles. The molecule has 0 bridgehead atoms. The third-order valence-electron chi connectivity index (χ3n) is 7.05. The van der Waals surface area contributed by atoms with E-state index in [9.17, 15) is 5.11 Å². The van der Waals surface area contributed by atoms with Crippen LogP contribution in [-0.4, -0.2) is 26.1 Å².